The summed E-state index contributed by atoms with van der Waals surface area (Å²) >= 11 is 0. The molecule has 2 saturated carbocycles. The van der Waals surface area contributed by atoms with Gasteiger partial charge in [0.15, 0.2) is 34.7 Å². The molecule has 3 aliphatic rings. The van der Waals surface area contributed by atoms with Crippen LogP contribution >= 0.6 is 0 Å². The van der Waals surface area contributed by atoms with Gasteiger partial charge in [-0.2, -0.15) is 0 Å². The van der Waals surface area contributed by atoms with E-state index in [1.54, 1.807) is 6.07 Å². The van der Waals surface area contributed by atoms with E-state index < -0.39 is 76.0 Å². The number of nitrogens with zero attached hydrogens (tertiary/aromatic N) is 1. The summed E-state index contributed by atoms with van der Waals surface area (Å²) in [5, 5.41) is 24.5. The Balaban J connectivity index is 1.84. The standard InChI is InChI=1S/C23H25N3O8/c1-8(27)25-12-5-4-9-6-10-7-11-16(26(2)3)19(30)15(22(24)33)21(32)23(11,34)20(31)14(10)18(29)13(9)17(12)28/h4-5,10-11,14-16,28,34H,6-7H2,1-3H3,(H2,24,33)(H,25,27)/t10-,11-,14?,15?,16-,23-/m0/s1. The fourth-order valence-corrected chi connectivity index (χ4v) is 5.87. The number of carbonyl (C=O) groups excluding carboxylic acids is 6. The van der Waals surface area contributed by atoms with Crippen LogP contribution in [0.15, 0.2) is 12.1 Å². The number of nitrogens with two attached hydrogens (primary N) is 1. The van der Waals surface area contributed by atoms with E-state index in [9.17, 15) is 39.0 Å². The first-order chi connectivity index (χ1) is 15.8. The lowest BCUT2D eigenvalue weighted by Gasteiger charge is -2.52. The van der Waals surface area contributed by atoms with Gasteiger partial charge in [-0.25, -0.2) is 0 Å². The average molecular weight is 471 g/mol. The molecule has 0 aromatic heterocycles. The third kappa shape index (κ3) is 3.11. The number of anilines is 1. The van der Waals surface area contributed by atoms with E-state index in [0.29, 0.717) is 5.56 Å². The number of aliphatic hydroxyl groups is 1. The van der Waals surface area contributed by atoms with E-state index in [1.807, 2.05) is 0 Å². The van der Waals surface area contributed by atoms with Crippen molar-refractivity contribution in [3.05, 3.63) is 23.3 Å². The van der Waals surface area contributed by atoms with Gasteiger partial charge in [-0.15, -0.1) is 0 Å². The van der Waals surface area contributed by atoms with Gasteiger partial charge in [0.2, 0.25) is 11.8 Å². The lowest BCUT2D eigenvalue weighted by molar-refractivity contribution is -0.181. The second-order valence-electron chi connectivity index (χ2n) is 9.47. The lowest BCUT2D eigenvalue weighted by Crippen LogP contribution is -2.74. The second-order valence-corrected chi connectivity index (χ2v) is 9.47. The Labute approximate surface area is 194 Å². The van der Waals surface area contributed by atoms with Crippen molar-refractivity contribution in [3.63, 3.8) is 0 Å². The molecule has 11 heteroatoms. The van der Waals surface area contributed by atoms with Crippen LogP contribution in [0.4, 0.5) is 5.69 Å². The van der Waals surface area contributed by atoms with Crippen molar-refractivity contribution in [1.29, 1.82) is 0 Å². The van der Waals surface area contributed by atoms with Gasteiger partial charge in [0.1, 0.15) is 5.75 Å². The van der Waals surface area contributed by atoms with Crippen LogP contribution in [-0.4, -0.2) is 75.8 Å². The molecule has 0 spiro atoms. The van der Waals surface area contributed by atoms with Gasteiger partial charge in [-0.3, -0.25) is 33.7 Å². The summed E-state index contributed by atoms with van der Waals surface area (Å²) in [6.45, 7) is 1.23. The Kier molecular flexibility index (Phi) is 5.45. The number of phenolic OH excluding ortho intramolecular Hbond substituents is 1. The molecule has 6 atom stereocenters. The third-order valence-corrected chi connectivity index (χ3v) is 7.24. The van der Waals surface area contributed by atoms with Crippen LogP contribution in [0.1, 0.15) is 29.3 Å². The highest BCUT2D eigenvalue weighted by molar-refractivity contribution is 6.32. The summed E-state index contributed by atoms with van der Waals surface area (Å²) in [4.78, 5) is 78.1. The van der Waals surface area contributed by atoms with Crippen LogP contribution in [0.3, 0.4) is 0 Å². The first-order valence-electron chi connectivity index (χ1n) is 10.8. The molecule has 0 bridgehead atoms. The maximum atomic E-state index is 13.6. The number of carbonyl (C=O) groups is 6. The fourth-order valence-electron chi connectivity index (χ4n) is 5.87. The van der Waals surface area contributed by atoms with Gasteiger partial charge < -0.3 is 21.3 Å². The van der Waals surface area contributed by atoms with Gasteiger partial charge in [0.25, 0.3) is 0 Å². The highest BCUT2D eigenvalue weighted by Crippen LogP contribution is 2.51. The van der Waals surface area contributed by atoms with Crippen LogP contribution in [0.25, 0.3) is 0 Å². The number of primary amides is 1. The van der Waals surface area contributed by atoms with E-state index in [2.05, 4.69) is 5.32 Å². The SMILES string of the molecule is CC(=O)Nc1ccc2c(c1O)C(=O)C1C(=O)[C@]3(O)C(=O)C(C(N)=O)C(=O)[C@@H](N(C)C)[C@@H]3C[C@@H]1C2. The van der Waals surface area contributed by atoms with Gasteiger partial charge in [0, 0.05) is 12.8 Å². The number of likely N-dealkylation sites (N-methyl/N-ethyl adjacent to an activating group) is 1. The normalized spacial score (nSPS) is 32.7. The summed E-state index contributed by atoms with van der Waals surface area (Å²) < 4.78 is 0. The van der Waals surface area contributed by atoms with Crippen molar-refractivity contribution in [3.8, 4) is 5.75 Å². The number of aromatic hydroxyl groups is 1. The van der Waals surface area contributed by atoms with Gasteiger partial charge in [0.05, 0.1) is 23.2 Å². The minimum absolute atomic E-state index is 0.0151. The predicted molar refractivity (Wildman–Crippen MR) is 116 cm³/mol. The van der Waals surface area contributed by atoms with E-state index in [4.69, 9.17) is 5.73 Å². The minimum atomic E-state index is -2.76. The monoisotopic (exact) mass is 471 g/mol. The quantitative estimate of drug-likeness (QED) is 0.311. The molecule has 0 aliphatic heterocycles. The number of Topliss-reactive ketones (excluding diaryl/α,β-unsaturated/α-hetero) is 4. The van der Waals surface area contributed by atoms with Crippen molar-refractivity contribution >= 4 is 40.6 Å². The molecule has 2 unspecified atom stereocenters. The van der Waals surface area contributed by atoms with Crippen LogP contribution in [0, 0.1) is 23.7 Å². The molecule has 0 heterocycles. The van der Waals surface area contributed by atoms with Crippen LogP contribution in [0.5, 0.6) is 5.75 Å². The van der Waals surface area contributed by atoms with Crippen molar-refractivity contribution in [2.45, 2.75) is 31.4 Å². The van der Waals surface area contributed by atoms with Gasteiger partial charge in [-0.1, -0.05) is 6.07 Å². The zero-order valence-corrected chi connectivity index (χ0v) is 18.8. The van der Waals surface area contributed by atoms with Crippen LogP contribution in [-0.2, 0) is 30.4 Å². The van der Waals surface area contributed by atoms with Crippen molar-refractivity contribution in [1.82, 2.24) is 4.90 Å². The molecule has 2 amide bonds. The first kappa shape index (κ1) is 23.7. The maximum Gasteiger partial charge on any atom is 0.235 e. The lowest BCUT2D eigenvalue weighted by atomic mass is 9.52. The largest absolute Gasteiger partial charge is 0.505 e. The maximum absolute atomic E-state index is 13.6. The minimum Gasteiger partial charge on any atom is -0.505 e. The molecular formula is C23H25N3O8. The molecule has 2 fully saturated rings. The average Bonchev–Trinajstić information content (AvgIpc) is 2.72. The summed E-state index contributed by atoms with van der Waals surface area (Å²) in [5.41, 5.74) is 2.78. The molecule has 3 aliphatic carbocycles. The molecular weight excluding hydrogens is 446 g/mol. The predicted octanol–water partition coefficient (Wildman–Crippen LogP) is -1.17. The fraction of sp³-hybridized carbons (Fsp3) is 0.478. The van der Waals surface area contributed by atoms with Crippen LogP contribution in [0.2, 0.25) is 0 Å². The van der Waals surface area contributed by atoms with E-state index in [1.165, 1.54) is 32.0 Å². The number of ketones is 4. The van der Waals surface area contributed by atoms with Crippen LogP contribution < -0.4 is 11.1 Å². The zero-order chi connectivity index (χ0) is 25.3. The Morgan fingerprint density at radius 3 is 2.35 bits per heavy atom. The van der Waals surface area contributed by atoms with Crippen molar-refractivity contribution in [2.75, 3.05) is 19.4 Å². The summed E-state index contributed by atoms with van der Waals surface area (Å²) in [6, 6.07) is 1.86. The number of rotatable bonds is 3. The molecule has 5 N–H and O–H groups in total. The number of hydrogen-bond donors (Lipinski definition) is 4. The second kappa shape index (κ2) is 7.81. The van der Waals surface area contributed by atoms with Crippen molar-refractivity contribution < 1.29 is 39.0 Å². The molecule has 4 rings (SSSR count). The number of phenols is 1. The number of hydrogen-bond acceptors (Lipinski definition) is 9. The molecule has 11 nitrogen and oxygen atoms in total. The van der Waals surface area contributed by atoms with Gasteiger partial charge >= 0.3 is 0 Å². The molecule has 180 valence electrons. The zero-order valence-electron chi connectivity index (χ0n) is 18.8. The van der Waals surface area contributed by atoms with E-state index >= 15 is 0 Å². The molecule has 1 aromatic rings. The van der Waals surface area contributed by atoms with Gasteiger partial charge in [-0.05, 0) is 44.5 Å². The topological polar surface area (TPSA) is 184 Å². The third-order valence-electron chi connectivity index (χ3n) is 7.24. The van der Waals surface area contributed by atoms with Crippen molar-refractivity contribution in [2.24, 2.45) is 29.4 Å². The number of nitrogens with one attached hydrogen (secondary N) is 1. The highest BCUT2D eigenvalue weighted by Gasteiger charge is 2.69. The molecule has 0 radical (unpaired) electrons. The molecule has 34 heavy (non-hydrogen) atoms. The Hall–Kier alpha value is -3.44. The van der Waals surface area contributed by atoms with E-state index in [0.717, 1.165) is 0 Å². The summed E-state index contributed by atoms with van der Waals surface area (Å²) in [7, 11) is 3.05. The summed E-state index contributed by atoms with van der Waals surface area (Å²) in [6.07, 6.45) is 0.151. The highest BCUT2D eigenvalue weighted by atomic mass is 16.3. The number of fused-ring (bicyclic) bond motifs is 3. The number of benzene rings is 1. The van der Waals surface area contributed by atoms with E-state index in [-0.39, 0.29) is 24.1 Å². The number of amides is 2. The molecule has 0 saturated heterocycles. The first-order valence-corrected chi connectivity index (χ1v) is 10.8. The summed E-state index contributed by atoms with van der Waals surface area (Å²) in [5.74, 6) is -11.6. The smallest absolute Gasteiger partial charge is 0.235 e. The Morgan fingerprint density at radius 1 is 1.15 bits per heavy atom. The molecule has 1 aromatic carbocycles. The Bertz CT molecular complexity index is 1170. The Morgan fingerprint density at radius 2 is 1.79 bits per heavy atom.